The van der Waals surface area contributed by atoms with Crippen LogP contribution in [0.25, 0.3) is 0 Å². The van der Waals surface area contributed by atoms with Crippen molar-refractivity contribution in [3.8, 4) is 0 Å². The second kappa shape index (κ2) is 8.07. The summed E-state index contributed by atoms with van der Waals surface area (Å²) in [5.74, 6) is -0.451. The maximum Gasteiger partial charge on any atom is 0.345 e. The third-order valence-corrected chi connectivity index (χ3v) is 4.97. The highest BCUT2D eigenvalue weighted by Crippen LogP contribution is 2.36. The summed E-state index contributed by atoms with van der Waals surface area (Å²) in [6, 6.07) is 3.37. The van der Waals surface area contributed by atoms with Crippen LogP contribution in [0.2, 0.25) is 0 Å². The number of fused-ring (bicyclic) bond motifs is 2. The number of benzene rings is 1. The number of aryl methyl sites for hydroxylation is 2. The summed E-state index contributed by atoms with van der Waals surface area (Å²) in [5, 5.41) is 21.4. The Balaban J connectivity index is 1.86. The first-order chi connectivity index (χ1) is 13.3. The molecule has 0 spiro atoms. The second-order valence-electron chi connectivity index (χ2n) is 7.16. The number of carboxylic acid groups (broad SMARTS) is 1. The molecule has 0 aliphatic carbocycles. The van der Waals surface area contributed by atoms with Gasteiger partial charge in [-0.3, -0.25) is 4.79 Å². The van der Waals surface area contributed by atoms with E-state index in [0.29, 0.717) is 37.6 Å². The molecule has 0 saturated heterocycles. The number of aliphatic hydroxyl groups excluding tert-OH is 1. The van der Waals surface area contributed by atoms with Crippen molar-refractivity contribution in [1.29, 1.82) is 0 Å². The summed E-state index contributed by atoms with van der Waals surface area (Å²) in [4.78, 5) is 35.1. The Labute approximate surface area is 163 Å². The number of hydrogen-bond acceptors (Lipinski definition) is 6. The normalized spacial score (nSPS) is 18.2. The monoisotopic (exact) mass is 387 g/mol. The molecule has 9 heteroatoms. The summed E-state index contributed by atoms with van der Waals surface area (Å²) in [6.07, 6.45) is -0.508. The smallest absolute Gasteiger partial charge is 0.345 e. The SMILES string of the molecule is Cc1cc2c(cc1C)N(CCN(C)CCCC(=O)O)C1=NC(=O)NC(O)C1=N2. The first kappa shape index (κ1) is 20.0. The number of amides is 2. The largest absolute Gasteiger partial charge is 0.481 e. The Morgan fingerprint density at radius 1 is 1.25 bits per heavy atom. The Hall–Kier alpha value is -2.78. The van der Waals surface area contributed by atoms with Crippen LogP contribution in [0.3, 0.4) is 0 Å². The lowest BCUT2D eigenvalue weighted by atomic mass is 10.0. The predicted octanol–water partition coefficient (Wildman–Crippen LogP) is 1.43. The van der Waals surface area contributed by atoms with E-state index in [0.717, 1.165) is 22.5 Å². The van der Waals surface area contributed by atoms with Gasteiger partial charge < -0.3 is 25.3 Å². The highest BCUT2D eigenvalue weighted by atomic mass is 16.4. The van der Waals surface area contributed by atoms with E-state index in [-0.39, 0.29) is 6.42 Å². The maximum atomic E-state index is 11.8. The standard InChI is InChI=1S/C19H25N5O4/c1-11-9-13-14(10-12(11)2)24(8-7-23(3)6-4-5-15(25)26)17-16(20-13)18(27)22-19(28)21-17/h9-10,18,27H,4-8H2,1-3H3,(H,22,28)(H,25,26). The van der Waals surface area contributed by atoms with Gasteiger partial charge in [-0.25, -0.2) is 9.79 Å². The minimum Gasteiger partial charge on any atom is -0.481 e. The molecule has 1 unspecified atom stereocenters. The van der Waals surface area contributed by atoms with E-state index in [1.54, 1.807) is 0 Å². The number of amidine groups is 1. The number of urea groups is 1. The van der Waals surface area contributed by atoms with Crippen molar-refractivity contribution in [2.45, 2.75) is 32.9 Å². The zero-order chi connectivity index (χ0) is 20.4. The molecular formula is C19H25N5O4. The zero-order valence-electron chi connectivity index (χ0n) is 16.3. The molecule has 9 nitrogen and oxygen atoms in total. The van der Waals surface area contributed by atoms with Gasteiger partial charge in [0.1, 0.15) is 5.71 Å². The minimum atomic E-state index is -1.20. The first-order valence-electron chi connectivity index (χ1n) is 9.21. The molecule has 3 N–H and O–H groups in total. The molecule has 2 aliphatic rings. The number of aliphatic hydroxyl groups is 1. The minimum absolute atomic E-state index is 0.130. The van der Waals surface area contributed by atoms with E-state index in [1.807, 2.05) is 42.8 Å². The van der Waals surface area contributed by atoms with Crippen LogP contribution in [0.4, 0.5) is 16.2 Å². The first-order valence-corrected chi connectivity index (χ1v) is 9.21. The van der Waals surface area contributed by atoms with E-state index in [4.69, 9.17) is 5.11 Å². The van der Waals surface area contributed by atoms with Gasteiger partial charge in [-0.2, -0.15) is 4.99 Å². The van der Waals surface area contributed by atoms with Gasteiger partial charge in [-0.05, 0) is 57.1 Å². The van der Waals surface area contributed by atoms with Crippen molar-refractivity contribution in [1.82, 2.24) is 10.2 Å². The van der Waals surface area contributed by atoms with Crippen molar-refractivity contribution in [2.24, 2.45) is 9.98 Å². The summed E-state index contributed by atoms with van der Waals surface area (Å²) < 4.78 is 0. The van der Waals surface area contributed by atoms with Crippen LogP contribution in [-0.4, -0.2) is 71.6 Å². The van der Waals surface area contributed by atoms with E-state index >= 15 is 0 Å². The lowest BCUT2D eigenvalue weighted by molar-refractivity contribution is -0.137. The number of rotatable bonds is 7. The van der Waals surface area contributed by atoms with Gasteiger partial charge in [0.2, 0.25) is 0 Å². The zero-order valence-corrected chi connectivity index (χ0v) is 16.3. The van der Waals surface area contributed by atoms with Crippen molar-refractivity contribution >= 4 is 34.9 Å². The van der Waals surface area contributed by atoms with Crippen molar-refractivity contribution in [3.63, 3.8) is 0 Å². The topological polar surface area (TPSA) is 118 Å². The summed E-state index contributed by atoms with van der Waals surface area (Å²) in [5.41, 5.74) is 4.07. The number of carbonyl (C=O) groups is 2. The number of aliphatic carboxylic acids is 1. The maximum absolute atomic E-state index is 11.8. The highest BCUT2D eigenvalue weighted by Gasteiger charge is 2.35. The van der Waals surface area contributed by atoms with E-state index in [1.165, 1.54) is 0 Å². The summed E-state index contributed by atoms with van der Waals surface area (Å²) in [6.45, 7) is 5.82. The fraction of sp³-hybridized carbons (Fsp3) is 0.474. The fourth-order valence-electron chi connectivity index (χ4n) is 3.25. The van der Waals surface area contributed by atoms with Crippen LogP contribution < -0.4 is 10.2 Å². The van der Waals surface area contributed by atoms with E-state index in [2.05, 4.69) is 15.3 Å². The number of likely N-dealkylation sites (N-methyl/N-ethyl adjacent to an activating group) is 1. The fourth-order valence-corrected chi connectivity index (χ4v) is 3.25. The number of nitrogens with one attached hydrogen (secondary N) is 1. The third-order valence-electron chi connectivity index (χ3n) is 4.97. The number of carbonyl (C=O) groups excluding carboxylic acids is 1. The van der Waals surface area contributed by atoms with Gasteiger partial charge in [0.05, 0.1) is 11.4 Å². The molecule has 1 atom stereocenters. The van der Waals surface area contributed by atoms with E-state index in [9.17, 15) is 14.7 Å². The molecule has 0 saturated carbocycles. The quantitative estimate of drug-likeness (QED) is 0.651. The van der Waals surface area contributed by atoms with Gasteiger partial charge in [0.25, 0.3) is 0 Å². The van der Waals surface area contributed by atoms with Gasteiger partial charge in [-0.1, -0.05) is 0 Å². The molecule has 0 bridgehead atoms. The van der Waals surface area contributed by atoms with Crippen LogP contribution >= 0.6 is 0 Å². The molecule has 0 aromatic heterocycles. The second-order valence-corrected chi connectivity index (χ2v) is 7.16. The van der Waals surface area contributed by atoms with Crippen molar-refractivity contribution < 1.29 is 19.8 Å². The molecule has 1 aromatic rings. The molecule has 150 valence electrons. The molecule has 2 amide bonds. The predicted molar refractivity (Wildman–Crippen MR) is 107 cm³/mol. The Morgan fingerprint density at radius 3 is 2.68 bits per heavy atom. The van der Waals surface area contributed by atoms with Crippen LogP contribution in [0.1, 0.15) is 24.0 Å². The molecule has 3 rings (SSSR count). The van der Waals surface area contributed by atoms with Crippen molar-refractivity contribution in [2.75, 3.05) is 31.6 Å². The number of carboxylic acids is 1. The number of nitrogens with zero attached hydrogens (tertiary/aromatic N) is 4. The Morgan fingerprint density at radius 2 is 1.96 bits per heavy atom. The Bertz CT molecular complexity index is 864. The van der Waals surface area contributed by atoms with Gasteiger partial charge in [-0.15, -0.1) is 0 Å². The van der Waals surface area contributed by atoms with Crippen LogP contribution in [0.5, 0.6) is 0 Å². The molecule has 28 heavy (non-hydrogen) atoms. The molecule has 2 aliphatic heterocycles. The number of aliphatic imine (C=N–C) groups is 2. The molecular weight excluding hydrogens is 362 g/mol. The summed E-state index contributed by atoms with van der Waals surface area (Å²) in [7, 11) is 1.92. The lowest BCUT2D eigenvalue weighted by Gasteiger charge is -2.36. The summed E-state index contributed by atoms with van der Waals surface area (Å²) >= 11 is 0. The average Bonchev–Trinajstić information content (AvgIpc) is 2.60. The lowest BCUT2D eigenvalue weighted by Crippen LogP contribution is -2.55. The van der Waals surface area contributed by atoms with Gasteiger partial charge in [0, 0.05) is 19.5 Å². The van der Waals surface area contributed by atoms with Gasteiger partial charge >= 0.3 is 12.0 Å². The molecule has 1 aromatic carbocycles. The van der Waals surface area contributed by atoms with Crippen LogP contribution in [-0.2, 0) is 4.79 Å². The van der Waals surface area contributed by atoms with Gasteiger partial charge in [0.15, 0.2) is 12.1 Å². The average molecular weight is 387 g/mol. The molecule has 0 fully saturated rings. The Kier molecular flexibility index (Phi) is 5.76. The third kappa shape index (κ3) is 4.20. The van der Waals surface area contributed by atoms with E-state index < -0.39 is 18.2 Å². The number of hydrogen-bond donors (Lipinski definition) is 3. The molecule has 0 radical (unpaired) electrons. The molecule has 2 heterocycles. The highest BCUT2D eigenvalue weighted by molar-refractivity contribution is 6.51. The van der Waals surface area contributed by atoms with Crippen LogP contribution in [0, 0.1) is 13.8 Å². The van der Waals surface area contributed by atoms with Crippen molar-refractivity contribution in [3.05, 3.63) is 23.3 Å². The van der Waals surface area contributed by atoms with Crippen LogP contribution in [0.15, 0.2) is 22.1 Å². The number of anilines is 1.